The van der Waals surface area contributed by atoms with E-state index in [2.05, 4.69) is 24.4 Å². The smallest absolute Gasteiger partial charge is 0.161 e. The summed E-state index contributed by atoms with van der Waals surface area (Å²) in [6.07, 6.45) is 2.39. The van der Waals surface area contributed by atoms with Crippen LogP contribution in [0.15, 0.2) is 18.2 Å². The van der Waals surface area contributed by atoms with Crippen molar-refractivity contribution >= 4 is 0 Å². The SMILES string of the molecule is CCOc1ccc(CC2CNCCC2C)cc1OCC. The summed E-state index contributed by atoms with van der Waals surface area (Å²) in [5.74, 6) is 3.24. The zero-order valence-corrected chi connectivity index (χ0v) is 12.9. The molecule has 0 radical (unpaired) electrons. The van der Waals surface area contributed by atoms with Crippen LogP contribution in [0.3, 0.4) is 0 Å². The topological polar surface area (TPSA) is 30.5 Å². The molecular weight excluding hydrogens is 250 g/mol. The maximum Gasteiger partial charge on any atom is 0.161 e. The summed E-state index contributed by atoms with van der Waals surface area (Å²) < 4.78 is 11.3. The molecule has 1 aromatic carbocycles. The van der Waals surface area contributed by atoms with E-state index < -0.39 is 0 Å². The molecule has 1 saturated heterocycles. The Labute approximate surface area is 122 Å². The molecule has 0 aromatic heterocycles. The van der Waals surface area contributed by atoms with Crippen LogP contribution >= 0.6 is 0 Å². The molecule has 1 fully saturated rings. The third kappa shape index (κ3) is 3.89. The van der Waals surface area contributed by atoms with Crippen LogP contribution in [-0.4, -0.2) is 26.3 Å². The molecule has 1 N–H and O–H groups in total. The van der Waals surface area contributed by atoms with E-state index in [1.54, 1.807) is 0 Å². The number of rotatable bonds is 6. The minimum absolute atomic E-state index is 0.670. The van der Waals surface area contributed by atoms with Gasteiger partial charge in [0.25, 0.3) is 0 Å². The van der Waals surface area contributed by atoms with E-state index in [0.29, 0.717) is 13.2 Å². The normalized spacial score (nSPS) is 22.6. The zero-order valence-electron chi connectivity index (χ0n) is 12.9. The summed E-state index contributed by atoms with van der Waals surface area (Å²) >= 11 is 0. The van der Waals surface area contributed by atoms with Gasteiger partial charge in [-0.15, -0.1) is 0 Å². The maximum absolute atomic E-state index is 5.71. The van der Waals surface area contributed by atoms with Crippen molar-refractivity contribution < 1.29 is 9.47 Å². The molecule has 2 rings (SSSR count). The van der Waals surface area contributed by atoms with Crippen LogP contribution in [0, 0.1) is 11.8 Å². The van der Waals surface area contributed by atoms with Crippen molar-refractivity contribution in [2.45, 2.75) is 33.6 Å². The highest BCUT2D eigenvalue weighted by Crippen LogP contribution is 2.31. The highest BCUT2D eigenvalue weighted by atomic mass is 16.5. The number of hydrogen-bond acceptors (Lipinski definition) is 3. The average molecular weight is 277 g/mol. The van der Waals surface area contributed by atoms with Gasteiger partial charge in [0.05, 0.1) is 13.2 Å². The first-order valence-electron chi connectivity index (χ1n) is 7.83. The predicted molar refractivity (Wildman–Crippen MR) is 82.6 cm³/mol. The Balaban J connectivity index is 2.09. The fourth-order valence-electron chi connectivity index (χ4n) is 2.85. The Hall–Kier alpha value is -1.22. The van der Waals surface area contributed by atoms with Crippen molar-refractivity contribution in [1.29, 1.82) is 0 Å². The molecule has 112 valence electrons. The minimum Gasteiger partial charge on any atom is -0.490 e. The van der Waals surface area contributed by atoms with Crippen molar-refractivity contribution in [3.05, 3.63) is 23.8 Å². The van der Waals surface area contributed by atoms with Gasteiger partial charge >= 0.3 is 0 Å². The summed E-state index contributed by atoms with van der Waals surface area (Å²) in [5.41, 5.74) is 1.34. The van der Waals surface area contributed by atoms with Gasteiger partial charge in [0.15, 0.2) is 11.5 Å². The number of ether oxygens (including phenoxy) is 2. The second-order valence-electron chi connectivity index (χ2n) is 5.58. The second-order valence-corrected chi connectivity index (χ2v) is 5.58. The fraction of sp³-hybridized carbons (Fsp3) is 0.647. The van der Waals surface area contributed by atoms with Crippen molar-refractivity contribution in [3.63, 3.8) is 0 Å². The molecular formula is C17H27NO2. The van der Waals surface area contributed by atoms with Gasteiger partial charge in [-0.05, 0) is 69.3 Å². The van der Waals surface area contributed by atoms with Crippen LogP contribution in [0.1, 0.15) is 32.8 Å². The lowest BCUT2D eigenvalue weighted by Crippen LogP contribution is -2.36. The van der Waals surface area contributed by atoms with E-state index in [9.17, 15) is 0 Å². The summed E-state index contributed by atoms with van der Waals surface area (Å²) in [6.45, 7) is 10.00. The van der Waals surface area contributed by atoms with Crippen LogP contribution in [-0.2, 0) is 6.42 Å². The van der Waals surface area contributed by atoms with Gasteiger partial charge in [0.2, 0.25) is 0 Å². The summed E-state index contributed by atoms with van der Waals surface area (Å²) in [6, 6.07) is 6.37. The number of benzene rings is 1. The first kappa shape index (κ1) is 15.2. The summed E-state index contributed by atoms with van der Waals surface area (Å²) in [5, 5.41) is 3.50. The highest BCUT2D eigenvalue weighted by Gasteiger charge is 2.21. The van der Waals surface area contributed by atoms with Gasteiger partial charge < -0.3 is 14.8 Å². The Kier molecular flexibility index (Phi) is 5.72. The molecule has 0 aliphatic carbocycles. The lowest BCUT2D eigenvalue weighted by molar-refractivity contribution is 0.270. The van der Waals surface area contributed by atoms with Gasteiger partial charge in [0, 0.05) is 0 Å². The van der Waals surface area contributed by atoms with Crippen molar-refractivity contribution in [3.8, 4) is 11.5 Å². The Morgan fingerprint density at radius 1 is 1.15 bits per heavy atom. The minimum atomic E-state index is 0.670. The third-order valence-corrected chi connectivity index (χ3v) is 4.09. The van der Waals surface area contributed by atoms with Gasteiger partial charge in [-0.1, -0.05) is 13.0 Å². The standard InChI is InChI=1S/C17H27NO2/c1-4-19-16-7-6-14(11-17(16)20-5-2)10-15-12-18-9-8-13(15)3/h6-7,11,13,15,18H,4-5,8-10,12H2,1-3H3. The quantitative estimate of drug-likeness (QED) is 0.865. The monoisotopic (exact) mass is 277 g/mol. The lowest BCUT2D eigenvalue weighted by atomic mass is 9.83. The first-order chi connectivity index (χ1) is 9.74. The molecule has 2 unspecified atom stereocenters. The van der Waals surface area contributed by atoms with Gasteiger partial charge in [-0.2, -0.15) is 0 Å². The molecule has 0 spiro atoms. The Morgan fingerprint density at radius 2 is 1.90 bits per heavy atom. The molecule has 2 atom stereocenters. The third-order valence-electron chi connectivity index (χ3n) is 4.09. The van der Waals surface area contributed by atoms with E-state index >= 15 is 0 Å². The number of hydrogen-bond donors (Lipinski definition) is 1. The average Bonchev–Trinajstić information content (AvgIpc) is 2.45. The largest absolute Gasteiger partial charge is 0.490 e. The van der Waals surface area contributed by atoms with E-state index in [1.165, 1.54) is 12.0 Å². The Morgan fingerprint density at radius 3 is 2.60 bits per heavy atom. The number of nitrogens with one attached hydrogen (secondary N) is 1. The molecule has 20 heavy (non-hydrogen) atoms. The molecule has 1 aliphatic heterocycles. The zero-order chi connectivity index (χ0) is 14.4. The molecule has 1 aromatic rings. The van der Waals surface area contributed by atoms with Crippen LogP contribution in [0.25, 0.3) is 0 Å². The van der Waals surface area contributed by atoms with Crippen molar-refractivity contribution in [2.24, 2.45) is 11.8 Å². The highest BCUT2D eigenvalue weighted by molar-refractivity contribution is 5.43. The molecule has 3 nitrogen and oxygen atoms in total. The fourth-order valence-corrected chi connectivity index (χ4v) is 2.85. The van der Waals surface area contributed by atoms with Crippen LogP contribution in [0.2, 0.25) is 0 Å². The molecule has 0 bridgehead atoms. The summed E-state index contributed by atoms with van der Waals surface area (Å²) in [7, 11) is 0. The summed E-state index contributed by atoms with van der Waals surface area (Å²) in [4.78, 5) is 0. The second kappa shape index (κ2) is 7.53. The molecule has 0 amide bonds. The predicted octanol–water partition coefficient (Wildman–Crippen LogP) is 3.27. The Bertz CT molecular complexity index is 419. The van der Waals surface area contributed by atoms with Gasteiger partial charge in [0.1, 0.15) is 0 Å². The molecule has 1 aliphatic rings. The van der Waals surface area contributed by atoms with Gasteiger partial charge in [-0.25, -0.2) is 0 Å². The lowest BCUT2D eigenvalue weighted by Gasteiger charge is -2.29. The molecule has 1 heterocycles. The first-order valence-corrected chi connectivity index (χ1v) is 7.83. The molecule has 3 heteroatoms. The van der Waals surface area contributed by atoms with Crippen molar-refractivity contribution in [2.75, 3.05) is 26.3 Å². The van der Waals surface area contributed by atoms with Gasteiger partial charge in [-0.3, -0.25) is 0 Å². The van der Waals surface area contributed by atoms with Crippen molar-refractivity contribution in [1.82, 2.24) is 5.32 Å². The van der Waals surface area contributed by atoms with E-state index in [-0.39, 0.29) is 0 Å². The van der Waals surface area contributed by atoms with E-state index in [1.807, 2.05) is 19.9 Å². The molecule has 0 saturated carbocycles. The maximum atomic E-state index is 5.71. The van der Waals surface area contributed by atoms with E-state index in [0.717, 1.165) is 42.8 Å². The number of piperidine rings is 1. The van der Waals surface area contributed by atoms with E-state index in [4.69, 9.17) is 9.47 Å². The van der Waals surface area contributed by atoms with Crippen LogP contribution in [0.4, 0.5) is 0 Å². The van der Waals surface area contributed by atoms with Crippen LogP contribution in [0.5, 0.6) is 11.5 Å². The van der Waals surface area contributed by atoms with Crippen LogP contribution < -0.4 is 14.8 Å².